The number of H-pyrrole nitrogens is 1. The van der Waals surface area contributed by atoms with Crippen molar-refractivity contribution in [2.75, 3.05) is 7.11 Å². The number of carbonyl (C=O) groups excluding carboxylic acids is 1. The number of ether oxygens (including phenoxy) is 1. The molecule has 0 radical (unpaired) electrons. The molecular formula is C34H49N3O5. The maximum absolute atomic E-state index is 12.8. The molecule has 42 heavy (non-hydrogen) atoms. The summed E-state index contributed by atoms with van der Waals surface area (Å²) in [4.78, 5) is 16.0. The molecule has 230 valence electrons. The number of aromatic amines is 1. The second-order valence-electron chi connectivity index (χ2n) is 14.5. The summed E-state index contributed by atoms with van der Waals surface area (Å²) in [5.41, 5.74) is 4.37. The summed E-state index contributed by atoms with van der Waals surface area (Å²) in [6.45, 7) is 6.86. The summed E-state index contributed by atoms with van der Waals surface area (Å²) in [6, 6.07) is 5.80. The lowest BCUT2D eigenvalue weighted by Crippen LogP contribution is -2.62. The van der Waals surface area contributed by atoms with Crippen LogP contribution in [0.15, 0.2) is 29.5 Å². The van der Waals surface area contributed by atoms with Gasteiger partial charge in [-0.3, -0.25) is 4.79 Å². The molecule has 11 atom stereocenters. The van der Waals surface area contributed by atoms with E-state index in [1.54, 1.807) is 13.3 Å². The van der Waals surface area contributed by atoms with Crippen LogP contribution in [-0.2, 0) is 4.79 Å². The van der Waals surface area contributed by atoms with E-state index in [9.17, 15) is 20.1 Å². The van der Waals surface area contributed by atoms with Crippen molar-refractivity contribution in [3.8, 4) is 5.75 Å². The SMILES string of the molecule is COc1ccc2[nH]cc(/C=N/NC(=O)CC[C@@H](C)[C@H]3CC[C@H]4[C@@H]5[C@H](O)C[C@@H]6C[C@H](O)CC[C@]6(C)[C@H]5C[C@H](O)[C@]34C)c2c1. The molecule has 1 amide bonds. The highest BCUT2D eigenvalue weighted by atomic mass is 16.5. The van der Waals surface area contributed by atoms with Crippen LogP contribution in [0.4, 0.5) is 0 Å². The first-order valence-corrected chi connectivity index (χ1v) is 16.1. The number of nitrogens with one attached hydrogen (secondary N) is 2. The van der Waals surface area contributed by atoms with Crippen LogP contribution >= 0.6 is 0 Å². The van der Waals surface area contributed by atoms with Gasteiger partial charge in [-0.25, -0.2) is 5.43 Å². The van der Waals surface area contributed by atoms with Crippen LogP contribution in [0.1, 0.15) is 84.1 Å². The third-order valence-corrected chi connectivity index (χ3v) is 12.7. The van der Waals surface area contributed by atoms with Gasteiger partial charge in [0.1, 0.15) is 5.75 Å². The molecule has 5 N–H and O–H groups in total. The third kappa shape index (κ3) is 4.87. The number of benzene rings is 1. The maximum Gasteiger partial charge on any atom is 0.240 e. The Hall–Kier alpha value is -2.42. The lowest BCUT2D eigenvalue weighted by atomic mass is 9.43. The van der Waals surface area contributed by atoms with E-state index in [0.29, 0.717) is 24.2 Å². The molecule has 1 aromatic heterocycles. The number of hydrazone groups is 1. The van der Waals surface area contributed by atoms with Gasteiger partial charge in [0.05, 0.1) is 31.6 Å². The van der Waals surface area contributed by atoms with E-state index >= 15 is 0 Å². The number of methoxy groups -OCH3 is 1. The molecule has 4 saturated carbocycles. The van der Waals surface area contributed by atoms with Crippen LogP contribution in [0.5, 0.6) is 5.75 Å². The molecule has 0 spiro atoms. The van der Waals surface area contributed by atoms with E-state index in [-0.39, 0.29) is 46.7 Å². The average molecular weight is 580 g/mol. The fourth-order valence-electron chi connectivity index (χ4n) is 10.3. The lowest BCUT2D eigenvalue weighted by Gasteiger charge is -2.63. The van der Waals surface area contributed by atoms with Crippen molar-refractivity contribution < 1.29 is 24.9 Å². The topological polar surface area (TPSA) is 127 Å². The Balaban J connectivity index is 1.08. The molecule has 0 bridgehead atoms. The van der Waals surface area contributed by atoms with E-state index < -0.39 is 6.10 Å². The molecule has 4 aliphatic carbocycles. The monoisotopic (exact) mass is 579 g/mol. The van der Waals surface area contributed by atoms with Crippen molar-refractivity contribution in [2.24, 2.45) is 51.4 Å². The van der Waals surface area contributed by atoms with Gasteiger partial charge < -0.3 is 25.0 Å². The number of aliphatic hydroxyl groups excluding tert-OH is 3. The number of amides is 1. The Bertz CT molecular complexity index is 1330. The van der Waals surface area contributed by atoms with Crippen molar-refractivity contribution in [1.82, 2.24) is 10.4 Å². The van der Waals surface area contributed by atoms with Crippen molar-refractivity contribution in [3.63, 3.8) is 0 Å². The summed E-state index contributed by atoms with van der Waals surface area (Å²) >= 11 is 0. The molecule has 6 rings (SSSR count). The first kappa shape index (κ1) is 29.6. The smallest absolute Gasteiger partial charge is 0.240 e. The number of hydrogen-bond acceptors (Lipinski definition) is 6. The van der Waals surface area contributed by atoms with Gasteiger partial charge in [-0.15, -0.1) is 0 Å². The minimum Gasteiger partial charge on any atom is -0.497 e. The van der Waals surface area contributed by atoms with Crippen molar-refractivity contribution >= 4 is 23.0 Å². The maximum atomic E-state index is 12.8. The molecule has 0 unspecified atom stereocenters. The number of aliphatic hydroxyl groups is 3. The summed E-state index contributed by atoms with van der Waals surface area (Å²) in [7, 11) is 1.64. The Labute approximate surface area is 249 Å². The second-order valence-corrected chi connectivity index (χ2v) is 14.5. The van der Waals surface area contributed by atoms with Gasteiger partial charge in [0.2, 0.25) is 5.91 Å². The third-order valence-electron chi connectivity index (χ3n) is 12.7. The highest BCUT2D eigenvalue weighted by Gasteiger charge is 2.65. The molecule has 1 aromatic carbocycles. The lowest BCUT2D eigenvalue weighted by molar-refractivity contribution is -0.207. The van der Waals surface area contributed by atoms with Gasteiger partial charge in [-0.2, -0.15) is 5.10 Å². The number of fused-ring (bicyclic) bond motifs is 6. The van der Waals surface area contributed by atoms with Gasteiger partial charge in [-0.05, 0) is 116 Å². The number of aromatic nitrogens is 1. The van der Waals surface area contributed by atoms with Gasteiger partial charge in [0.25, 0.3) is 0 Å². The van der Waals surface area contributed by atoms with Gasteiger partial charge in [0.15, 0.2) is 0 Å². The van der Waals surface area contributed by atoms with E-state index in [0.717, 1.165) is 73.6 Å². The first-order valence-electron chi connectivity index (χ1n) is 16.1. The van der Waals surface area contributed by atoms with E-state index in [1.165, 1.54) is 0 Å². The summed E-state index contributed by atoms with van der Waals surface area (Å²) < 4.78 is 5.33. The minimum absolute atomic E-state index is 0.0759. The summed E-state index contributed by atoms with van der Waals surface area (Å²) in [6.07, 6.45) is 9.72. The zero-order chi connectivity index (χ0) is 29.8. The standard InChI is InChI=1S/C34H49N3O5/c1-19(5-10-31(41)37-36-18-20-17-35-28-9-6-23(42-4)15-24(20)28)25-7-8-26-32-27(16-30(40)34(25,26)3)33(2)12-11-22(38)13-21(33)14-29(32)39/h6,9,15,17-19,21-22,25-27,29-30,32,35,38-40H,5,7-8,10-14,16H2,1-4H3,(H,37,41)/b36-18+/t19-,21+,22-,25-,26+,27+,29-,30+,32+,33+,34-/m1/s1. The molecule has 1 heterocycles. The average Bonchev–Trinajstić information content (AvgIpc) is 3.54. The largest absolute Gasteiger partial charge is 0.497 e. The first-order chi connectivity index (χ1) is 20.1. The number of hydrogen-bond donors (Lipinski definition) is 5. The van der Waals surface area contributed by atoms with Crippen LogP contribution in [0, 0.1) is 46.3 Å². The molecular weight excluding hydrogens is 530 g/mol. The van der Waals surface area contributed by atoms with E-state index in [1.807, 2.05) is 24.4 Å². The van der Waals surface area contributed by atoms with Crippen LogP contribution in [-0.4, -0.2) is 57.8 Å². The Morgan fingerprint density at radius 3 is 2.76 bits per heavy atom. The molecule has 8 heteroatoms. The van der Waals surface area contributed by atoms with Gasteiger partial charge in [0, 0.05) is 29.1 Å². The zero-order valence-electron chi connectivity index (χ0n) is 25.6. The fraction of sp³-hybridized carbons (Fsp3) is 0.706. The molecule has 4 aliphatic rings. The molecule has 8 nitrogen and oxygen atoms in total. The molecule has 4 fully saturated rings. The van der Waals surface area contributed by atoms with Crippen LogP contribution < -0.4 is 10.2 Å². The number of nitrogens with zero attached hydrogens (tertiary/aromatic N) is 1. The van der Waals surface area contributed by atoms with Crippen molar-refractivity contribution in [2.45, 2.75) is 96.9 Å². The van der Waals surface area contributed by atoms with Crippen molar-refractivity contribution in [1.29, 1.82) is 0 Å². The van der Waals surface area contributed by atoms with Gasteiger partial charge in [-0.1, -0.05) is 20.8 Å². The van der Waals surface area contributed by atoms with Crippen LogP contribution in [0.25, 0.3) is 10.9 Å². The summed E-state index contributed by atoms with van der Waals surface area (Å²) in [5, 5.41) is 38.8. The highest BCUT2D eigenvalue weighted by Crippen LogP contribution is 2.68. The number of rotatable bonds is 7. The molecule has 2 aromatic rings. The normalized spacial score (nSPS) is 40.4. The quantitative estimate of drug-likeness (QED) is 0.233. The van der Waals surface area contributed by atoms with Gasteiger partial charge >= 0.3 is 0 Å². The number of carbonyl (C=O) groups is 1. The zero-order valence-corrected chi connectivity index (χ0v) is 25.6. The van der Waals surface area contributed by atoms with Crippen LogP contribution in [0.2, 0.25) is 0 Å². The highest BCUT2D eigenvalue weighted by molar-refractivity contribution is 5.99. The van der Waals surface area contributed by atoms with Crippen molar-refractivity contribution in [3.05, 3.63) is 30.0 Å². The predicted octanol–water partition coefficient (Wildman–Crippen LogP) is 5.00. The van der Waals surface area contributed by atoms with E-state index in [4.69, 9.17) is 4.74 Å². The minimum atomic E-state index is -0.415. The van der Waals surface area contributed by atoms with Crippen LogP contribution in [0.3, 0.4) is 0 Å². The Morgan fingerprint density at radius 1 is 1.17 bits per heavy atom. The summed E-state index contributed by atoms with van der Waals surface area (Å²) in [5.74, 6) is 2.34. The second kappa shape index (κ2) is 11.3. The Morgan fingerprint density at radius 2 is 1.98 bits per heavy atom. The molecule has 0 aliphatic heterocycles. The Kier molecular flexibility index (Phi) is 7.94. The fourth-order valence-corrected chi connectivity index (χ4v) is 10.3. The van der Waals surface area contributed by atoms with E-state index in [2.05, 4.69) is 36.3 Å². The predicted molar refractivity (Wildman–Crippen MR) is 163 cm³/mol. The molecule has 0 saturated heterocycles.